The molecule has 0 aromatic heterocycles. The van der Waals surface area contributed by atoms with E-state index in [-0.39, 0.29) is 18.5 Å². The van der Waals surface area contributed by atoms with Crippen LogP contribution >= 0.6 is 0 Å². The van der Waals surface area contributed by atoms with Crippen molar-refractivity contribution in [3.8, 4) is 5.75 Å². The molecule has 38 heavy (non-hydrogen) atoms. The number of hydrogen-bond acceptors (Lipinski definition) is 5. The lowest BCUT2D eigenvalue weighted by Crippen LogP contribution is -2.52. The van der Waals surface area contributed by atoms with Gasteiger partial charge in [-0.15, -0.1) is 0 Å². The first kappa shape index (κ1) is 28.7. The summed E-state index contributed by atoms with van der Waals surface area (Å²) in [5, 5.41) is 2.83. The van der Waals surface area contributed by atoms with Gasteiger partial charge in [0.15, 0.2) is 0 Å². The highest BCUT2D eigenvalue weighted by Crippen LogP contribution is 2.23. The van der Waals surface area contributed by atoms with E-state index in [1.165, 1.54) is 4.90 Å². The Kier molecular flexibility index (Phi) is 9.90. The van der Waals surface area contributed by atoms with Crippen LogP contribution in [-0.2, 0) is 32.8 Å². The molecule has 2 amide bonds. The summed E-state index contributed by atoms with van der Waals surface area (Å²) >= 11 is 0. The zero-order valence-electron chi connectivity index (χ0n) is 22.2. The van der Waals surface area contributed by atoms with E-state index in [1.54, 1.807) is 31.2 Å². The average molecular weight is 538 g/mol. The number of anilines is 1. The van der Waals surface area contributed by atoms with Crippen LogP contribution in [0.4, 0.5) is 5.69 Å². The second kappa shape index (κ2) is 13.1. The number of hydrogen-bond donors (Lipinski definition) is 1. The van der Waals surface area contributed by atoms with Crippen molar-refractivity contribution in [2.75, 3.05) is 17.1 Å². The number of carbonyl (C=O) groups is 2. The molecule has 0 aliphatic rings. The summed E-state index contributed by atoms with van der Waals surface area (Å²) in [6.07, 6.45) is 1.05. The minimum atomic E-state index is -3.81. The van der Waals surface area contributed by atoms with Gasteiger partial charge in [0.05, 0.1) is 11.9 Å². The maximum atomic E-state index is 13.6. The normalized spacial score (nSPS) is 12.0. The van der Waals surface area contributed by atoms with Gasteiger partial charge in [-0.1, -0.05) is 60.7 Å². The molecule has 9 heteroatoms. The molecule has 0 saturated heterocycles. The highest BCUT2D eigenvalue weighted by atomic mass is 32.2. The molecule has 0 spiro atoms. The molecule has 3 aromatic carbocycles. The summed E-state index contributed by atoms with van der Waals surface area (Å²) < 4.78 is 32.3. The number of amides is 2. The number of benzene rings is 3. The van der Waals surface area contributed by atoms with Gasteiger partial charge in [0.2, 0.25) is 21.8 Å². The summed E-state index contributed by atoms with van der Waals surface area (Å²) in [6, 6.07) is 24.6. The summed E-state index contributed by atoms with van der Waals surface area (Å²) in [4.78, 5) is 27.7. The van der Waals surface area contributed by atoms with Crippen LogP contribution in [0.2, 0.25) is 0 Å². The second-order valence-corrected chi connectivity index (χ2v) is 11.3. The third kappa shape index (κ3) is 8.34. The van der Waals surface area contributed by atoms with Crippen molar-refractivity contribution >= 4 is 27.5 Å². The minimum absolute atomic E-state index is 0.103. The van der Waals surface area contributed by atoms with Gasteiger partial charge in [0.1, 0.15) is 24.9 Å². The maximum absolute atomic E-state index is 13.6. The van der Waals surface area contributed by atoms with Crippen LogP contribution in [0.3, 0.4) is 0 Å². The molecule has 0 radical (unpaired) electrons. The lowest BCUT2D eigenvalue weighted by atomic mass is 10.1. The standard InChI is InChI=1S/C29H35N3O5S/c1-22(2)30-29(34)23(3)31(19-24-11-7-5-8-12-24)28(33)20-32(38(4,35)36)26-15-17-27(18-16-26)37-21-25-13-9-6-10-14-25/h5-18,22-23H,19-21H2,1-4H3,(H,30,34)/t23-/m1/s1. The molecule has 0 fully saturated rings. The van der Waals surface area contributed by atoms with Crippen LogP contribution in [0.25, 0.3) is 0 Å². The van der Waals surface area contributed by atoms with E-state index in [0.29, 0.717) is 18.0 Å². The average Bonchev–Trinajstić information content (AvgIpc) is 2.89. The van der Waals surface area contributed by atoms with Gasteiger partial charge in [-0.3, -0.25) is 13.9 Å². The van der Waals surface area contributed by atoms with E-state index in [9.17, 15) is 18.0 Å². The molecule has 0 heterocycles. The Morgan fingerprint density at radius 1 is 0.842 bits per heavy atom. The van der Waals surface area contributed by atoms with E-state index >= 15 is 0 Å². The van der Waals surface area contributed by atoms with E-state index in [0.717, 1.165) is 21.7 Å². The molecule has 0 aliphatic heterocycles. The molecule has 0 unspecified atom stereocenters. The van der Waals surface area contributed by atoms with Crippen LogP contribution in [-0.4, -0.2) is 50.0 Å². The SMILES string of the molecule is CC(C)NC(=O)[C@@H](C)N(Cc1ccccc1)C(=O)CN(c1ccc(OCc2ccccc2)cc1)S(C)(=O)=O. The van der Waals surface area contributed by atoms with Gasteiger partial charge in [-0.05, 0) is 56.2 Å². The van der Waals surface area contributed by atoms with E-state index < -0.39 is 28.5 Å². The third-order valence-electron chi connectivity index (χ3n) is 5.85. The predicted molar refractivity (Wildman–Crippen MR) is 149 cm³/mol. The molecule has 0 aliphatic carbocycles. The number of sulfonamides is 1. The fourth-order valence-electron chi connectivity index (χ4n) is 3.83. The molecule has 1 atom stereocenters. The molecular formula is C29H35N3O5S. The molecule has 3 aromatic rings. The topological polar surface area (TPSA) is 96.0 Å². The zero-order valence-corrected chi connectivity index (χ0v) is 23.0. The fourth-order valence-corrected chi connectivity index (χ4v) is 4.68. The largest absolute Gasteiger partial charge is 0.489 e. The van der Waals surface area contributed by atoms with Gasteiger partial charge in [0.25, 0.3) is 0 Å². The molecular weight excluding hydrogens is 502 g/mol. The third-order valence-corrected chi connectivity index (χ3v) is 6.99. The summed E-state index contributed by atoms with van der Waals surface area (Å²) in [5.74, 6) is -0.229. The highest BCUT2D eigenvalue weighted by Gasteiger charge is 2.30. The first-order valence-electron chi connectivity index (χ1n) is 12.4. The molecule has 8 nitrogen and oxygen atoms in total. The summed E-state index contributed by atoms with van der Waals surface area (Å²) in [5.41, 5.74) is 2.16. The monoisotopic (exact) mass is 537 g/mol. The van der Waals surface area contributed by atoms with Crippen molar-refractivity contribution < 1.29 is 22.7 Å². The van der Waals surface area contributed by atoms with E-state index in [2.05, 4.69) is 5.32 Å². The lowest BCUT2D eigenvalue weighted by Gasteiger charge is -2.32. The van der Waals surface area contributed by atoms with Crippen molar-refractivity contribution in [3.05, 3.63) is 96.1 Å². The van der Waals surface area contributed by atoms with Crippen molar-refractivity contribution in [2.45, 2.75) is 46.0 Å². The number of nitrogens with zero attached hydrogens (tertiary/aromatic N) is 2. The second-order valence-electron chi connectivity index (χ2n) is 9.38. The molecule has 3 rings (SSSR count). The Morgan fingerprint density at radius 3 is 1.92 bits per heavy atom. The first-order chi connectivity index (χ1) is 18.0. The van der Waals surface area contributed by atoms with Crippen molar-refractivity contribution in [1.29, 1.82) is 0 Å². The molecule has 0 bridgehead atoms. The van der Waals surface area contributed by atoms with Crippen LogP contribution in [0.15, 0.2) is 84.9 Å². The van der Waals surface area contributed by atoms with E-state index in [1.807, 2.05) is 74.5 Å². The molecule has 0 saturated carbocycles. The van der Waals surface area contributed by atoms with E-state index in [4.69, 9.17) is 4.74 Å². The summed E-state index contributed by atoms with van der Waals surface area (Å²) in [6.45, 7) is 5.41. The Bertz CT molecular complexity index is 1300. The number of ether oxygens (including phenoxy) is 1. The number of rotatable bonds is 12. The van der Waals surface area contributed by atoms with Crippen molar-refractivity contribution in [1.82, 2.24) is 10.2 Å². The molecule has 1 N–H and O–H groups in total. The Morgan fingerprint density at radius 2 is 1.39 bits per heavy atom. The Balaban J connectivity index is 1.80. The van der Waals surface area contributed by atoms with Crippen LogP contribution < -0.4 is 14.4 Å². The van der Waals surface area contributed by atoms with Gasteiger partial charge in [-0.2, -0.15) is 0 Å². The minimum Gasteiger partial charge on any atom is -0.489 e. The quantitative estimate of drug-likeness (QED) is 0.377. The number of nitrogens with one attached hydrogen (secondary N) is 1. The highest BCUT2D eigenvalue weighted by molar-refractivity contribution is 7.92. The van der Waals surface area contributed by atoms with Gasteiger partial charge < -0.3 is 15.0 Å². The van der Waals surface area contributed by atoms with Crippen LogP contribution in [0.5, 0.6) is 5.75 Å². The molecule has 202 valence electrons. The van der Waals surface area contributed by atoms with Gasteiger partial charge >= 0.3 is 0 Å². The smallest absolute Gasteiger partial charge is 0.244 e. The van der Waals surface area contributed by atoms with Crippen molar-refractivity contribution in [2.24, 2.45) is 0 Å². The van der Waals surface area contributed by atoms with Gasteiger partial charge in [-0.25, -0.2) is 8.42 Å². The van der Waals surface area contributed by atoms with Crippen molar-refractivity contribution in [3.63, 3.8) is 0 Å². The summed E-state index contributed by atoms with van der Waals surface area (Å²) in [7, 11) is -3.81. The Hall–Kier alpha value is -3.85. The zero-order chi connectivity index (χ0) is 27.7. The fraction of sp³-hybridized carbons (Fsp3) is 0.310. The Labute approximate surface area is 225 Å². The predicted octanol–water partition coefficient (Wildman–Crippen LogP) is 3.97. The van der Waals surface area contributed by atoms with Crippen LogP contribution in [0, 0.1) is 0 Å². The number of carbonyl (C=O) groups excluding carboxylic acids is 2. The maximum Gasteiger partial charge on any atom is 0.244 e. The first-order valence-corrected chi connectivity index (χ1v) is 14.3. The van der Waals surface area contributed by atoms with Crippen LogP contribution in [0.1, 0.15) is 31.9 Å². The van der Waals surface area contributed by atoms with Gasteiger partial charge in [0, 0.05) is 12.6 Å². The lowest BCUT2D eigenvalue weighted by molar-refractivity contribution is -0.139.